The third-order valence-electron chi connectivity index (χ3n) is 4.65. The molecule has 0 bridgehead atoms. The third-order valence-corrected chi connectivity index (χ3v) is 5.85. The van der Waals surface area contributed by atoms with Crippen molar-refractivity contribution in [2.45, 2.75) is 19.6 Å². The van der Waals surface area contributed by atoms with Crippen LogP contribution >= 0.6 is 11.3 Å². The molecule has 6 nitrogen and oxygen atoms in total. The molecule has 158 valence electrons. The fourth-order valence-corrected chi connectivity index (χ4v) is 4.11. The zero-order valence-electron chi connectivity index (χ0n) is 16.1. The summed E-state index contributed by atoms with van der Waals surface area (Å²) >= 11 is 1.04. The molecule has 0 aliphatic rings. The number of carbonyl (C=O) groups excluding carboxylic acids is 1. The van der Waals surface area contributed by atoms with E-state index in [0.29, 0.717) is 28.5 Å². The van der Waals surface area contributed by atoms with Crippen LogP contribution in [0.2, 0.25) is 0 Å². The number of hydrogen-bond donors (Lipinski definition) is 1. The summed E-state index contributed by atoms with van der Waals surface area (Å²) < 4.78 is 39.5. The summed E-state index contributed by atoms with van der Waals surface area (Å²) in [5.74, 6) is -0.592. The van der Waals surface area contributed by atoms with Gasteiger partial charge >= 0.3 is 6.18 Å². The summed E-state index contributed by atoms with van der Waals surface area (Å²) in [6.45, 7) is 1.98. The standard InChI is InChI=1S/C21H15F3N4O2S/c1-12-16-19(26-11-28(20(16)30)10-13-5-3-2-4-6-13)31-17(12)18(29)27-15-8-7-14(9-25-15)21(22,23)24/h2-9,11H,10H2,1H3,(H,25,27,29). The van der Waals surface area contributed by atoms with E-state index in [1.54, 1.807) is 6.92 Å². The number of halogens is 3. The van der Waals surface area contributed by atoms with E-state index in [1.807, 2.05) is 30.3 Å². The van der Waals surface area contributed by atoms with Gasteiger partial charge in [-0.1, -0.05) is 30.3 Å². The zero-order chi connectivity index (χ0) is 22.2. The molecule has 31 heavy (non-hydrogen) atoms. The molecular formula is C21H15F3N4O2S. The molecule has 1 N–H and O–H groups in total. The smallest absolute Gasteiger partial charge is 0.306 e. The molecule has 0 saturated heterocycles. The number of alkyl halides is 3. The average Bonchev–Trinajstić information content (AvgIpc) is 3.08. The highest BCUT2D eigenvalue weighted by molar-refractivity contribution is 7.20. The zero-order valence-corrected chi connectivity index (χ0v) is 16.9. The number of rotatable bonds is 4. The van der Waals surface area contributed by atoms with Crippen molar-refractivity contribution >= 4 is 33.3 Å². The highest BCUT2D eigenvalue weighted by atomic mass is 32.1. The van der Waals surface area contributed by atoms with Crippen molar-refractivity contribution < 1.29 is 18.0 Å². The molecule has 4 rings (SSSR count). The maximum absolute atomic E-state index is 13.0. The number of anilines is 1. The first-order chi connectivity index (χ1) is 14.7. The van der Waals surface area contributed by atoms with E-state index in [1.165, 1.54) is 10.9 Å². The number of nitrogens with one attached hydrogen (secondary N) is 1. The fourth-order valence-electron chi connectivity index (χ4n) is 3.08. The Kier molecular flexibility index (Phi) is 5.32. The number of nitrogens with zero attached hydrogens (tertiary/aromatic N) is 3. The van der Waals surface area contributed by atoms with Gasteiger partial charge in [-0.25, -0.2) is 9.97 Å². The van der Waals surface area contributed by atoms with Crippen LogP contribution < -0.4 is 10.9 Å². The highest BCUT2D eigenvalue weighted by Crippen LogP contribution is 2.30. The Bertz CT molecular complexity index is 1310. The second kappa shape index (κ2) is 7.95. The van der Waals surface area contributed by atoms with Gasteiger partial charge in [0.15, 0.2) is 0 Å². The number of hydrogen-bond acceptors (Lipinski definition) is 5. The first kappa shape index (κ1) is 20.7. The molecule has 0 unspecified atom stereocenters. The molecule has 10 heteroatoms. The van der Waals surface area contributed by atoms with Crippen LogP contribution in [0.15, 0.2) is 59.8 Å². The fraction of sp³-hybridized carbons (Fsp3) is 0.143. The van der Waals surface area contributed by atoms with Crippen molar-refractivity contribution in [3.63, 3.8) is 0 Å². The molecule has 0 aliphatic carbocycles. The summed E-state index contributed by atoms with van der Waals surface area (Å²) in [6.07, 6.45) is -2.42. The van der Waals surface area contributed by atoms with Crippen LogP contribution in [0.5, 0.6) is 0 Å². The predicted octanol–water partition coefficient (Wildman–Crippen LogP) is 4.48. The van der Waals surface area contributed by atoms with Crippen molar-refractivity contribution in [2.75, 3.05) is 5.32 Å². The van der Waals surface area contributed by atoms with E-state index < -0.39 is 17.6 Å². The van der Waals surface area contributed by atoms with Gasteiger partial charge in [0.1, 0.15) is 10.6 Å². The van der Waals surface area contributed by atoms with Gasteiger partial charge in [0.2, 0.25) is 0 Å². The maximum Gasteiger partial charge on any atom is 0.417 e. The van der Waals surface area contributed by atoms with E-state index in [0.717, 1.165) is 29.0 Å². The molecule has 0 atom stereocenters. The Balaban J connectivity index is 1.62. The van der Waals surface area contributed by atoms with Gasteiger partial charge < -0.3 is 5.32 Å². The number of aryl methyl sites for hydroxylation is 1. The lowest BCUT2D eigenvalue weighted by Crippen LogP contribution is -2.21. The summed E-state index contributed by atoms with van der Waals surface area (Å²) in [5, 5.41) is 2.81. The third kappa shape index (κ3) is 4.19. The van der Waals surface area contributed by atoms with Crippen LogP contribution in [-0.4, -0.2) is 20.4 Å². The average molecular weight is 444 g/mol. The molecule has 0 saturated carbocycles. The Morgan fingerprint density at radius 2 is 1.87 bits per heavy atom. The van der Waals surface area contributed by atoms with Crippen LogP contribution in [0.25, 0.3) is 10.2 Å². The Morgan fingerprint density at radius 3 is 2.52 bits per heavy atom. The first-order valence-electron chi connectivity index (χ1n) is 9.11. The molecule has 0 spiro atoms. The number of pyridine rings is 1. The van der Waals surface area contributed by atoms with Crippen LogP contribution in [0, 0.1) is 6.92 Å². The molecule has 0 fully saturated rings. The topological polar surface area (TPSA) is 76.9 Å². The lowest BCUT2D eigenvalue weighted by atomic mass is 10.2. The molecule has 0 aliphatic heterocycles. The van der Waals surface area contributed by atoms with Gasteiger partial charge in [-0.2, -0.15) is 13.2 Å². The number of aromatic nitrogens is 3. The minimum atomic E-state index is -4.51. The highest BCUT2D eigenvalue weighted by Gasteiger charge is 2.30. The molecular weight excluding hydrogens is 429 g/mol. The number of amides is 1. The van der Waals surface area contributed by atoms with Crippen molar-refractivity contribution in [2.24, 2.45) is 0 Å². The van der Waals surface area contributed by atoms with E-state index in [2.05, 4.69) is 15.3 Å². The minimum absolute atomic E-state index is 0.0238. The van der Waals surface area contributed by atoms with Crippen molar-refractivity contribution in [3.8, 4) is 0 Å². The molecule has 4 aromatic rings. The molecule has 1 amide bonds. The first-order valence-corrected chi connectivity index (χ1v) is 9.93. The lowest BCUT2D eigenvalue weighted by Gasteiger charge is -2.07. The Morgan fingerprint density at radius 1 is 1.13 bits per heavy atom. The van der Waals surface area contributed by atoms with Gasteiger partial charge in [-0.3, -0.25) is 14.2 Å². The second-order valence-electron chi connectivity index (χ2n) is 6.78. The number of fused-ring (bicyclic) bond motifs is 1. The minimum Gasteiger partial charge on any atom is -0.306 e. The van der Waals surface area contributed by atoms with E-state index in [4.69, 9.17) is 0 Å². The van der Waals surface area contributed by atoms with E-state index >= 15 is 0 Å². The van der Waals surface area contributed by atoms with Gasteiger partial charge in [-0.15, -0.1) is 11.3 Å². The van der Waals surface area contributed by atoms with Crippen molar-refractivity contribution in [1.29, 1.82) is 0 Å². The quantitative estimate of drug-likeness (QED) is 0.504. The van der Waals surface area contributed by atoms with Crippen LogP contribution in [0.1, 0.15) is 26.4 Å². The van der Waals surface area contributed by atoms with Gasteiger partial charge in [0.25, 0.3) is 11.5 Å². The molecule has 3 aromatic heterocycles. The lowest BCUT2D eigenvalue weighted by molar-refractivity contribution is -0.137. The van der Waals surface area contributed by atoms with E-state index in [9.17, 15) is 22.8 Å². The Labute approximate surface area is 178 Å². The molecule has 0 radical (unpaired) electrons. The number of thiophene rings is 1. The van der Waals surface area contributed by atoms with Crippen LogP contribution in [-0.2, 0) is 12.7 Å². The number of benzene rings is 1. The van der Waals surface area contributed by atoms with Crippen molar-refractivity contribution in [3.05, 3.63) is 86.9 Å². The Hall–Kier alpha value is -3.53. The molecule has 1 aromatic carbocycles. The van der Waals surface area contributed by atoms with Crippen molar-refractivity contribution in [1.82, 2.24) is 14.5 Å². The monoisotopic (exact) mass is 444 g/mol. The summed E-state index contributed by atoms with van der Waals surface area (Å²) in [5.41, 5.74) is 0.218. The van der Waals surface area contributed by atoms with Gasteiger partial charge in [-0.05, 0) is 30.2 Å². The van der Waals surface area contributed by atoms with Crippen LogP contribution in [0.4, 0.5) is 19.0 Å². The van der Waals surface area contributed by atoms with Crippen LogP contribution in [0.3, 0.4) is 0 Å². The van der Waals surface area contributed by atoms with Gasteiger partial charge in [0.05, 0.1) is 28.7 Å². The predicted molar refractivity (Wildman–Crippen MR) is 111 cm³/mol. The van der Waals surface area contributed by atoms with Gasteiger partial charge in [0, 0.05) is 6.20 Å². The second-order valence-corrected chi connectivity index (χ2v) is 7.78. The largest absolute Gasteiger partial charge is 0.417 e. The van der Waals surface area contributed by atoms with E-state index in [-0.39, 0.29) is 16.3 Å². The normalized spacial score (nSPS) is 11.6. The molecule has 3 heterocycles. The number of carbonyl (C=O) groups is 1. The summed E-state index contributed by atoms with van der Waals surface area (Å²) in [6, 6.07) is 11.3. The SMILES string of the molecule is Cc1c(C(=O)Nc2ccc(C(F)(F)F)cn2)sc2ncn(Cc3ccccc3)c(=O)c12. The summed E-state index contributed by atoms with van der Waals surface area (Å²) in [4.78, 5) is 34.2. The maximum atomic E-state index is 13.0. The summed E-state index contributed by atoms with van der Waals surface area (Å²) in [7, 11) is 0.